The van der Waals surface area contributed by atoms with Gasteiger partial charge in [0.1, 0.15) is 11.3 Å². The maximum Gasteiger partial charge on any atom is 0.343 e. The van der Waals surface area contributed by atoms with Gasteiger partial charge < -0.3 is 14.6 Å². The molecule has 7 heteroatoms. The van der Waals surface area contributed by atoms with Crippen LogP contribution in [0.4, 0.5) is 0 Å². The number of aromatic carboxylic acids is 1. The first-order chi connectivity index (χ1) is 12.1. The molecule has 4 rings (SSSR count). The monoisotopic (exact) mass is 336 g/mol. The van der Waals surface area contributed by atoms with E-state index in [1.807, 2.05) is 24.3 Å². The number of allylic oxidation sites excluding steroid dienone is 1. The summed E-state index contributed by atoms with van der Waals surface area (Å²) in [6.07, 6.45) is 1.50. The number of aromatic nitrogens is 2. The Bertz CT molecular complexity index is 1060. The number of carboxylic acid groups (broad SMARTS) is 1. The Morgan fingerprint density at radius 2 is 2.08 bits per heavy atom. The number of hydrogen-bond donors (Lipinski definition) is 2. The Labute approximate surface area is 141 Å². The first-order valence-corrected chi connectivity index (χ1v) is 7.42. The summed E-state index contributed by atoms with van der Waals surface area (Å²) in [6.45, 7) is 0. The number of aromatic amines is 1. The number of H-pyrrole nitrogens is 1. The second-order valence-electron chi connectivity index (χ2n) is 5.42. The number of carboxylic acids is 1. The number of ketones is 1. The normalized spacial score (nSPS) is 14.6. The number of ether oxygens (including phenoxy) is 2. The highest BCUT2D eigenvalue weighted by molar-refractivity contribution is 6.17. The van der Waals surface area contributed by atoms with Crippen molar-refractivity contribution in [2.75, 3.05) is 7.11 Å². The SMILES string of the molecule is COc1ccc2c(c1C(=O)O)O/C(=C\c1n[nH]c3ccccc13)C2=O. The molecular formula is C18H12N2O5. The van der Waals surface area contributed by atoms with Crippen LogP contribution in [-0.2, 0) is 0 Å². The lowest BCUT2D eigenvalue weighted by atomic mass is 10.1. The highest BCUT2D eigenvalue weighted by Crippen LogP contribution is 2.39. The summed E-state index contributed by atoms with van der Waals surface area (Å²) in [7, 11) is 1.36. The molecule has 1 aliphatic heterocycles. The van der Waals surface area contributed by atoms with Gasteiger partial charge in [0.2, 0.25) is 5.78 Å². The number of rotatable bonds is 3. The summed E-state index contributed by atoms with van der Waals surface area (Å²) in [5.41, 5.74) is 1.37. The number of nitrogens with one attached hydrogen (secondary N) is 1. The molecule has 0 fully saturated rings. The Balaban J connectivity index is 1.83. The van der Waals surface area contributed by atoms with Gasteiger partial charge in [-0.25, -0.2) is 4.79 Å². The van der Waals surface area contributed by atoms with E-state index in [1.54, 1.807) is 0 Å². The van der Waals surface area contributed by atoms with Crippen LogP contribution < -0.4 is 9.47 Å². The van der Waals surface area contributed by atoms with Crippen LogP contribution in [-0.4, -0.2) is 34.2 Å². The quantitative estimate of drug-likeness (QED) is 0.713. The van der Waals surface area contributed by atoms with E-state index in [0.717, 1.165) is 10.9 Å². The highest BCUT2D eigenvalue weighted by atomic mass is 16.5. The van der Waals surface area contributed by atoms with E-state index in [0.29, 0.717) is 5.69 Å². The van der Waals surface area contributed by atoms with Crippen LogP contribution in [0.1, 0.15) is 26.4 Å². The summed E-state index contributed by atoms with van der Waals surface area (Å²) < 4.78 is 10.6. The number of hydrogen-bond acceptors (Lipinski definition) is 5. The van der Waals surface area contributed by atoms with Gasteiger partial charge in [-0.1, -0.05) is 18.2 Å². The molecule has 0 spiro atoms. The molecule has 0 unspecified atom stereocenters. The molecule has 0 saturated carbocycles. The molecule has 0 atom stereocenters. The standard InChI is InChI=1S/C18H12N2O5/c1-24-13-7-6-10-16(21)14(25-17(10)15(13)18(22)23)8-12-9-4-2-3-5-11(9)19-20-12/h2-8H,1H3,(H,19,20)(H,22,23)/b14-8-. The van der Waals surface area contributed by atoms with Crippen LogP contribution in [0, 0.1) is 0 Å². The van der Waals surface area contributed by atoms with E-state index in [-0.39, 0.29) is 28.4 Å². The molecule has 0 radical (unpaired) electrons. The third-order valence-corrected chi connectivity index (χ3v) is 4.00. The first-order valence-electron chi connectivity index (χ1n) is 7.42. The number of methoxy groups -OCH3 is 1. The van der Waals surface area contributed by atoms with Crippen LogP contribution >= 0.6 is 0 Å². The molecule has 1 aromatic heterocycles. The minimum atomic E-state index is -1.23. The molecule has 0 amide bonds. The lowest BCUT2D eigenvalue weighted by Gasteiger charge is -2.08. The average molecular weight is 336 g/mol. The third kappa shape index (κ3) is 2.25. The predicted octanol–water partition coefficient (Wildman–Crippen LogP) is 2.89. The molecular weight excluding hydrogens is 324 g/mol. The first kappa shape index (κ1) is 14.9. The molecule has 0 aliphatic carbocycles. The Morgan fingerprint density at radius 3 is 2.84 bits per heavy atom. The van der Waals surface area contributed by atoms with Crippen molar-refractivity contribution in [3.63, 3.8) is 0 Å². The van der Waals surface area contributed by atoms with E-state index in [9.17, 15) is 14.7 Å². The van der Waals surface area contributed by atoms with Crippen LogP contribution in [0.15, 0.2) is 42.2 Å². The number of fused-ring (bicyclic) bond motifs is 2. The minimum absolute atomic E-state index is 0.0112. The Kier molecular flexibility index (Phi) is 3.28. The van der Waals surface area contributed by atoms with Crippen molar-refractivity contribution in [1.29, 1.82) is 0 Å². The van der Waals surface area contributed by atoms with Crippen molar-refractivity contribution in [1.82, 2.24) is 10.2 Å². The van der Waals surface area contributed by atoms with Gasteiger partial charge in [0.25, 0.3) is 0 Å². The van der Waals surface area contributed by atoms with Gasteiger partial charge in [0, 0.05) is 11.5 Å². The molecule has 0 saturated heterocycles. The molecule has 2 N–H and O–H groups in total. The van der Waals surface area contributed by atoms with E-state index in [2.05, 4.69) is 10.2 Å². The predicted molar refractivity (Wildman–Crippen MR) is 89.0 cm³/mol. The fourth-order valence-electron chi connectivity index (χ4n) is 2.82. The maximum absolute atomic E-state index is 12.6. The van der Waals surface area contributed by atoms with Crippen molar-refractivity contribution in [2.24, 2.45) is 0 Å². The van der Waals surface area contributed by atoms with E-state index in [4.69, 9.17) is 9.47 Å². The minimum Gasteiger partial charge on any atom is -0.496 e. The van der Waals surface area contributed by atoms with E-state index in [1.165, 1.54) is 25.3 Å². The van der Waals surface area contributed by atoms with Gasteiger partial charge in [-0.15, -0.1) is 0 Å². The molecule has 25 heavy (non-hydrogen) atoms. The summed E-state index contributed by atoms with van der Waals surface area (Å²) in [4.78, 5) is 24.1. The number of carbonyl (C=O) groups is 2. The molecule has 7 nitrogen and oxygen atoms in total. The zero-order valence-corrected chi connectivity index (χ0v) is 13.1. The number of benzene rings is 2. The fraction of sp³-hybridized carbons (Fsp3) is 0.0556. The van der Waals surface area contributed by atoms with Gasteiger partial charge in [-0.2, -0.15) is 5.10 Å². The Morgan fingerprint density at radius 1 is 1.28 bits per heavy atom. The third-order valence-electron chi connectivity index (χ3n) is 4.00. The summed E-state index contributed by atoms with van der Waals surface area (Å²) >= 11 is 0. The number of nitrogens with zero attached hydrogens (tertiary/aromatic N) is 1. The fourth-order valence-corrected chi connectivity index (χ4v) is 2.82. The lowest BCUT2D eigenvalue weighted by Crippen LogP contribution is -2.03. The van der Waals surface area contributed by atoms with Crippen molar-refractivity contribution in [3.05, 3.63) is 59.0 Å². The van der Waals surface area contributed by atoms with Crippen LogP contribution in [0.5, 0.6) is 11.5 Å². The maximum atomic E-state index is 12.6. The smallest absolute Gasteiger partial charge is 0.343 e. The van der Waals surface area contributed by atoms with Crippen molar-refractivity contribution >= 4 is 28.7 Å². The van der Waals surface area contributed by atoms with E-state index < -0.39 is 11.8 Å². The van der Waals surface area contributed by atoms with Crippen molar-refractivity contribution in [2.45, 2.75) is 0 Å². The highest BCUT2D eigenvalue weighted by Gasteiger charge is 2.34. The number of para-hydroxylation sites is 1. The van der Waals surface area contributed by atoms with Gasteiger partial charge in [0.15, 0.2) is 11.5 Å². The zero-order chi connectivity index (χ0) is 17.6. The molecule has 124 valence electrons. The number of Topliss-reactive ketones (excluding diaryl/α,β-unsaturated/α-hetero) is 1. The molecule has 0 bridgehead atoms. The second kappa shape index (κ2) is 5.48. The van der Waals surface area contributed by atoms with Gasteiger partial charge in [-0.3, -0.25) is 9.89 Å². The van der Waals surface area contributed by atoms with Gasteiger partial charge in [-0.05, 0) is 18.2 Å². The topological polar surface area (TPSA) is 102 Å². The molecule has 2 aromatic carbocycles. The van der Waals surface area contributed by atoms with E-state index >= 15 is 0 Å². The lowest BCUT2D eigenvalue weighted by molar-refractivity contribution is 0.0690. The van der Waals surface area contributed by atoms with Crippen molar-refractivity contribution in [3.8, 4) is 11.5 Å². The van der Waals surface area contributed by atoms with Crippen LogP contribution in [0.25, 0.3) is 17.0 Å². The van der Waals surface area contributed by atoms with Crippen LogP contribution in [0.3, 0.4) is 0 Å². The number of carbonyl (C=O) groups excluding carboxylic acids is 1. The summed E-state index contributed by atoms with van der Waals surface area (Å²) in [5, 5.41) is 17.3. The summed E-state index contributed by atoms with van der Waals surface area (Å²) in [5.74, 6) is -1.49. The zero-order valence-electron chi connectivity index (χ0n) is 13.1. The molecule has 1 aliphatic rings. The Hall–Kier alpha value is -3.61. The van der Waals surface area contributed by atoms with Gasteiger partial charge >= 0.3 is 5.97 Å². The molecule has 3 aromatic rings. The van der Waals surface area contributed by atoms with Crippen molar-refractivity contribution < 1.29 is 24.2 Å². The average Bonchev–Trinajstić information content (AvgIpc) is 3.16. The largest absolute Gasteiger partial charge is 0.496 e. The second-order valence-corrected chi connectivity index (χ2v) is 5.42. The van der Waals surface area contributed by atoms with Gasteiger partial charge in [0.05, 0.1) is 23.9 Å². The van der Waals surface area contributed by atoms with Crippen LogP contribution in [0.2, 0.25) is 0 Å². The summed E-state index contributed by atoms with van der Waals surface area (Å²) in [6, 6.07) is 10.4. The molecule has 2 heterocycles.